The van der Waals surface area contributed by atoms with Crippen molar-refractivity contribution < 1.29 is 0 Å². The van der Waals surface area contributed by atoms with E-state index in [0.29, 0.717) is 16.3 Å². The van der Waals surface area contributed by atoms with Gasteiger partial charge in [0.2, 0.25) is 0 Å². The van der Waals surface area contributed by atoms with E-state index in [1.54, 1.807) is 0 Å². The zero-order valence-electron chi connectivity index (χ0n) is 15.9. The Labute approximate surface area is 179 Å². The quantitative estimate of drug-likeness (QED) is 0.348. The number of para-hydroxylation sites is 1. The normalized spacial score (nSPS) is 10.8. The van der Waals surface area contributed by atoms with Crippen LogP contribution in [-0.4, -0.2) is 9.97 Å². The highest BCUT2D eigenvalue weighted by Crippen LogP contribution is 2.37. The van der Waals surface area contributed by atoms with Gasteiger partial charge in [0, 0.05) is 44.4 Å². The maximum Gasteiger partial charge on any atom is 0.102 e. The van der Waals surface area contributed by atoms with Crippen molar-refractivity contribution in [3.05, 3.63) is 102 Å². The van der Waals surface area contributed by atoms with E-state index in [1.807, 2.05) is 85.1 Å². The Morgan fingerprint density at radius 3 is 2.30 bits per heavy atom. The van der Waals surface area contributed by atoms with E-state index >= 15 is 0 Å². The molecule has 4 heteroatoms. The van der Waals surface area contributed by atoms with Gasteiger partial charge in [-0.05, 0) is 24.3 Å². The second kappa shape index (κ2) is 7.51. The minimum atomic E-state index is 0.543. The Kier molecular flexibility index (Phi) is 4.55. The molecule has 0 saturated carbocycles. The van der Waals surface area contributed by atoms with Crippen LogP contribution in [0.15, 0.2) is 91.1 Å². The van der Waals surface area contributed by atoms with Crippen molar-refractivity contribution in [2.45, 2.75) is 0 Å². The van der Waals surface area contributed by atoms with E-state index in [1.165, 1.54) is 0 Å². The molecule has 3 aromatic carbocycles. The molecule has 0 radical (unpaired) electrons. The summed E-state index contributed by atoms with van der Waals surface area (Å²) in [6.07, 6.45) is 1.96. The maximum absolute atomic E-state index is 10.1. The lowest BCUT2D eigenvalue weighted by Gasteiger charge is -2.13. The molecule has 0 aliphatic rings. The van der Waals surface area contributed by atoms with Crippen LogP contribution in [0.1, 0.15) is 5.56 Å². The molecule has 2 heterocycles. The number of aromatic amines is 1. The first-order valence-corrected chi connectivity index (χ1v) is 9.95. The lowest BCUT2D eigenvalue weighted by Crippen LogP contribution is -1.96. The fourth-order valence-corrected chi connectivity index (χ4v) is 3.86. The zero-order valence-corrected chi connectivity index (χ0v) is 16.7. The van der Waals surface area contributed by atoms with Gasteiger partial charge in [-0.2, -0.15) is 5.26 Å². The summed E-state index contributed by atoms with van der Waals surface area (Å²) in [5.74, 6) is 0. The molecule has 0 aliphatic heterocycles. The van der Waals surface area contributed by atoms with Gasteiger partial charge in [0.15, 0.2) is 0 Å². The second-order valence-electron chi connectivity index (χ2n) is 7.01. The highest BCUT2D eigenvalue weighted by Gasteiger charge is 2.18. The van der Waals surface area contributed by atoms with Crippen molar-refractivity contribution in [2.24, 2.45) is 0 Å². The first-order chi connectivity index (χ1) is 14.7. The standard InChI is InChI=1S/C26H16ClN3/c27-19-12-10-18(11-13-19)26-22(15-28)21(14-25(30-26)17-6-2-1-3-7-17)23-16-29-24-9-5-4-8-20(23)24/h1-14,16,29H. The third-order valence-electron chi connectivity index (χ3n) is 5.20. The van der Waals surface area contributed by atoms with Gasteiger partial charge in [-0.15, -0.1) is 0 Å². The fourth-order valence-electron chi connectivity index (χ4n) is 3.74. The summed E-state index contributed by atoms with van der Waals surface area (Å²) in [6.45, 7) is 0. The van der Waals surface area contributed by atoms with Crippen LogP contribution >= 0.6 is 11.6 Å². The number of nitriles is 1. The molecule has 3 nitrogen and oxygen atoms in total. The molecule has 5 aromatic rings. The number of hydrogen-bond donors (Lipinski definition) is 1. The van der Waals surface area contributed by atoms with Crippen LogP contribution in [0.3, 0.4) is 0 Å². The summed E-state index contributed by atoms with van der Waals surface area (Å²) in [7, 11) is 0. The Morgan fingerprint density at radius 1 is 0.800 bits per heavy atom. The topological polar surface area (TPSA) is 52.5 Å². The van der Waals surface area contributed by atoms with Crippen molar-refractivity contribution in [1.82, 2.24) is 9.97 Å². The molecule has 5 rings (SSSR count). The number of benzene rings is 3. The van der Waals surface area contributed by atoms with Gasteiger partial charge in [0.1, 0.15) is 6.07 Å². The average Bonchev–Trinajstić information content (AvgIpc) is 3.23. The van der Waals surface area contributed by atoms with Gasteiger partial charge in [-0.3, -0.25) is 0 Å². The van der Waals surface area contributed by atoms with Crippen LogP contribution in [-0.2, 0) is 0 Å². The number of nitrogens with zero attached hydrogens (tertiary/aromatic N) is 2. The number of hydrogen-bond acceptors (Lipinski definition) is 2. The monoisotopic (exact) mass is 405 g/mol. The van der Waals surface area contributed by atoms with Crippen LogP contribution in [0.5, 0.6) is 0 Å². The van der Waals surface area contributed by atoms with Gasteiger partial charge in [-0.25, -0.2) is 4.98 Å². The van der Waals surface area contributed by atoms with Crippen LogP contribution in [0, 0.1) is 11.3 Å². The maximum atomic E-state index is 10.1. The minimum Gasteiger partial charge on any atom is -0.361 e. The number of aromatic nitrogens is 2. The van der Waals surface area contributed by atoms with E-state index in [-0.39, 0.29) is 0 Å². The summed E-state index contributed by atoms with van der Waals surface area (Å²) in [4.78, 5) is 8.21. The van der Waals surface area contributed by atoms with E-state index in [0.717, 1.165) is 38.9 Å². The molecule has 0 saturated heterocycles. The molecule has 0 aliphatic carbocycles. The number of rotatable bonds is 3. The number of pyridine rings is 1. The van der Waals surface area contributed by atoms with Crippen molar-refractivity contribution in [2.75, 3.05) is 0 Å². The molecule has 30 heavy (non-hydrogen) atoms. The van der Waals surface area contributed by atoms with Crippen LogP contribution < -0.4 is 0 Å². The van der Waals surface area contributed by atoms with Crippen molar-refractivity contribution >= 4 is 22.5 Å². The predicted molar refractivity (Wildman–Crippen MR) is 122 cm³/mol. The number of fused-ring (bicyclic) bond motifs is 1. The fraction of sp³-hybridized carbons (Fsp3) is 0. The minimum absolute atomic E-state index is 0.543. The summed E-state index contributed by atoms with van der Waals surface area (Å²) in [6, 6.07) is 30.0. The molecule has 2 aromatic heterocycles. The molecule has 1 N–H and O–H groups in total. The molecular formula is C26H16ClN3. The predicted octanol–water partition coefficient (Wildman–Crippen LogP) is 7.09. The van der Waals surface area contributed by atoms with Crippen molar-refractivity contribution in [1.29, 1.82) is 5.26 Å². The third-order valence-corrected chi connectivity index (χ3v) is 5.45. The molecule has 0 unspecified atom stereocenters. The van der Waals surface area contributed by atoms with Crippen molar-refractivity contribution in [3.8, 4) is 39.7 Å². The van der Waals surface area contributed by atoms with E-state index < -0.39 is 0 Å². The molecule has 0 spiro atoms. The van der Waals surface area contributed by atoms with Crippen LogP contribution in [0.2, 0.25) is 5.02 Å². The van der Waals surface area contributed by atoms with Gasteiger partial charge in [-0.1, -0.05) is 72.3 Å². The van der Waals surface area contributed by atoms with Crippen LogP contribution in [0.25, 0.3) is 44.5 Å². The first-order valence-electron chi connectivity index (χ1n) is 9.57. The molecule has 0 fully saturated rings. The molecule has 0 amide bonds. The highest BCUT2D eigenvalue weighted by atomic mass is 35.5. The Hall–Kier alpha value is -3.87. The van der Waals surface area contributed by atoms with E-state index in [2.05, 4.69) is 17.1 Å². The lowest BCUT2D eigenvalue weighted by atomic mass is 9.94. The Bertz CT molecular complexity index is 1390. The van der Waals surface area contributed by atoms with Crippen molar-refractivity contribution in [3.63, 3.8) is 0 Å². The molecule has 142 valence electrons. The Morgan fingerprint density at radius 2 is 1.53 bits per heavy atom. The Balaban J connectivity index is 1.84. The zero-order chi connectivity index (χ0) is 20.5. The first kappa shape index (κ1) is 18.2. The number of nitrogens with one attached hydrogen (secondary N) is 1. The third kappa shape index (κ3) is 3.14. The highest BCUT2D eigenvalue weighted by molar-refractivity contribution is 6.30. The van der Waals surface area contributed by atoms with Crippen LogP contribution in [0.4, 0.5) is 0 Å². The second-order valence-corrected chi connectivity index (χ2v) is 7.45. The average molecular weight is 406 g/mol. The molecular weight excluding hydrogens is 390 g/mol. The van der Waals surface area contributed by atoms with Gasteiger partial charge in [0.05, 0.1) is 17.0 Å². The van der Waals surface area contributed by atoms with Gasteiger partial charge >= 0.3 is 0 Å². The van der Waals surface area contributed by atoms with Gasteiger partial charge < -0.3 is 4.98 Å². The summed E-state index contributed by atoms with van der Waals surface area (Å²) in [5.41, 5.74) is 6.73. The van der Waals surface area contributed by atoms with E-state index in [9.17, 15) is 5.26 Å². The van der Waals surface area contributed by atoms with E-state index in [4.69, 9.17) is 16.6 Å². The number of halogens is 1. The SMILES string of the molecule is N#Cc1c(-c2c[nH]c3ccccc23)cc(-c2ccccc2)nc1-c1ccc(Cl)cc1. The molecule has 0 atom stereocenters. The summed E-state index contributed by atoms with van der Waals surface area (Å²) in [5, 5.41) is 11.8. The smallest absolute Gasteiger partial charge is 0.102 e. The lowest BCUT2D eigenvalue weighted by molar-refractivity contribution is 1.30. The summed E-state index contributed by atoms with van der Waals surface area (Å²) < 4.78 is 0. The molecule has 0 bridgehead atoms. The number of H-pyrrole nitrogens is 1. The van der Waals surface area contributed by atoms with Gasteiger partial charge in [0.25, 0.3) is 0 Å². The summed E-state index contributed by atoms with van der Waals surface area (Å²) >= 11 is 6.09. The largest absolute Gasteiger partial charge is 0.361 e.